The lowest BCUT2D eigenvalue weighted by Gasteiger charge is -2.13. The first-order valence-corrected chi connectivity index (χ1v) is 14.0. The Labute approximate surface area is 230 Å². The molecule has 1 aliphatic rings. The van der Waals surface area contributed by atoms with Gasteiger partial charge in [-0.1, -0.05) is 60.7 Å². The van der Waals surface area contributed by atoms with Gasteiger partial charge in [-0.15, -0.1) is 0 Å². The Morgan fingerprint density at radius 2 is 1.38 bits per heavy atom. The van der Waals surface area contributed by atoms with Crippen LogP contribution in [0.1, 0.15) is 17.7 Å². The molecule has 184 valence electrons. The normalized spacial score (nSPS) is 13.5. The van der Waals surface area contributed by atoms with Crippen LogP contribution in [0.15, 0.2) is 103 Å². The Hall–Kier alpha value is -5.26. The minimum Gasteiger partial charge on any atom is -0.310 e. The lowest BCUT2D eigenvalue weighted by molar-refractivity contribution is 0.968. The van der Waals surface area contributed by atoms with Crippen LogP contribution >= 0.6 is 0 Å². The molecule has 40 heavy (non-hydrogen) atoms. The van der Waals surface area contributed by atoms with E-state index in [1.165, 1.54) is 82.1 Å². The molecule has 0 atom stereocenters. The maximum atomic E-state index is 3.35. The predicted molar refractivity (Wildman–Crippen MR) is 168 cm³/mol. The van der Waals surface area contributed by atoms with E-state index in [0.717, 1.165) is 18.2 Å². The summed E-state index contributed by atoms with van der Waals surface area (Å²) in [5, 5.41) is 11.4. The molecule has 2 heteroatoms. The third-order valence-corrected chi connectivity index (χ3v) is 9.08. The summed E-state index contributed by atoms with van der Waals surface area (Å²) in [5.74, 6) is 0. The average Bonchev–Trinajstić information content (AvgIpc) is 3.63. The zero-order valence-electron chi connectivity index (χ0n) is 21.7. The molecule has 9 aromatic rings. The first-order valence-electron chi connectivity index (χ1n) is 14.0. The molecular formula is C38H22N2. The zero-order valence-corrected chi connectivity index (χ0v) is 21.7. The summed E-state index contributed by atoms with van der Waals surface area (Å²) in [6, 6.07) is 42.4. The van der Waals surface area contributed by atoms with Crippen LogP contribution in [0.4, 0.5) is 0 Å². The smallest absolute Gasteiger partial charge is 0.0622 e. The summed E-state index contributed by atoms with van der Waals surface area (Å²) in [6.45, 7) is 0. The van der Waals surface area contributed by atoms with E-state index in [1.54, 1.807) is 0 Å². The van der Waals surface area contributed by atoms with E-state index in [0.29, 0.717) is 0 Å². The summed E-state index contributed by atoms with van der Waals surface area (Å²) >= 11 is 0. The number of hydrogen-bond acceptors (Lipinski definition) is 0. The Balaban J connectivity index is 1.44. The van der Waals surface area contributed by atoms with E-state index < -0.39 is 0 Å². The topological polar surface area (TPSA) is 9.34 Å². The van der Waals surface area contributed by atoms with Crippen LogP contribution in [0.5, 0.6) is 0 Å². The van der Waals surface area contributed by atoms with Crippen molar-refractivity contribution in [1.82, 2.24) is 8.97 Å². The second-order valence-corrected chi connectivity index (χ2v) is 11.2. The average molecular weight is 507 g/mol. The molecular weight excluding hydrogens is 484 g/mol. The Kier molecular flexibility index (Phi) is 3.73. The maximum absolute atomic E-state index is 3.35. The molecule has 0 saturated carbocycles. The lowest BCUT2D eigenvalue weighted by atomic mass is 10.0. The molecule has 2 nitrogen and oxygen atoms in total. The van der Waals surface area contributed by atoms with Gasteiger partial charge in [0, 0.05) is 43.7 Å². The second kappa shape index (κ2) is 7.23. The molecule has 0 spiro atoms. The van der Waals surface area contributed by atoms with Crippen LogP contribution in [-0.4, -0.2) is 8.97 Å². The zero-order chi connectivity index (χ0) is 25.9. The molecule has 0 N–H and O–H groups in total. The van der Waals surface area contributed by atoms with Gasteiger partial charge in [0.25, 0.3) is 0 Å². The van der Waals surface area contributed by atoms with Gasteiger partial charge in [0.1, 0.15) is 0 Å². The highest BCUT2D eigenvalue weighted by Crippen LogP contribution is 2.44. The van der Waals surface area contributed by atoms with Crippen molar-refractivity contribution < 1.29 is 0 Å². The molecule has 10 rings (SSSR count). The van der Waals surface area contributed by atoms with Crippen molar-refractivity contribution in [3.05, 3.63) is 127 Å². The van der Waals surface area contributed by atoms with Gasteiger partial charge in [0.2, 0.25) is 0 Å². The number of rotatable bonds is 1. The fraction of sp³-hybridized carbons (Fsp3) is 0.0526. The minimum atomic E-state index is 1.08. The van der Waals surface area contributed by atoms with Gasteiger partial charge < -0.3 is 8.97 Å². The Morgan fingerprint density at radius 3 is 2.25 bits per heavy atom. The highest BCUT2D eigenvalue weighted by molar-refractivity contribution is 6.26. The van der Waals surface area contributed by atoms with Crippen molar-refractivity contribution in [2.45, 2.75) is 12.8 Å². The molecule has 3 heterocycles. The van der Waals surface area contributed by atoms with Gasteiger partial charge in [0.15, 0.2) is 0 Å². The fourth-order valence-electron chi connectivity index (χ4n) is 7.37. The number of benzene rings is 5. The van der Waals surface area contributed by atoms with Crippen LogP contribution in [0.3, 0.4) is 0 Å². The number of allylic oxidation sites excluding steroid dienone is 1. The van der Waals surface area contributed by atoms with Gasteiger partial charge in [-0.2, -0.15) is 0 Å². The van der Waals surface area contributed by atoms with Crippen molar-refractivity contribution in [2.75, 3.05) is 0 Å². The number of aryl methyl sites for hydroxylation is 1. The highest BCUT2D eigenvalue weighted by atomic mass is 15.0. The molecule has 0 unspecified atom stereocenters. The fourth-order valence-corrected chi connectivity index (χ4v) is 7.37. The van der Waals surface area contributed by atoms with Crippen LogP contribution in [-0.2, 0) is 6.42 Å². The summed E-state index contributed by atoms with van der Waals surface area (Å²) in [5.41, 5.74) is 9.07. The molecule has 1 aliphatic carbocycles. The molecule has 0 amide bonds. The first kappa shape index (κ1) is 20.7. The van der Waals surface area contributed by atoms with Gasteiger partial charge in [-0.25, -0.2) is 0 Å². The van der Waals surface area contributed by atoms with E-state index >= 15 is 0 Å². The summed E-state index contributed by atoms with van der Waals surface area (Å²) in [6.07, 6.45) is 6.83. The van der Waals surface area contributed by atoms with Crippen molar-refractivity contribution in [3.8, 4) is 5.69 Å². The lowest BCUT2D eigenvalue weighted by Crippen LogP contribution is -2.00. The third kappa shape index (κ3) is 2.51. The van der Waals surface area contributed by atoms with Crippen molar-refractivity contribution in [2.24, 2.45) is 0 Å². The molecule has 0 fully saturated rings. The monoisotopic (exact) mass is 506 g/mol. The molecule has 0 saturated heterocycles. The molecule has 0 aliphatic heterocycles. The van der Waals surface area contributed by atoms with Gasteiger partial charge in [0.05, 0.1) is 22.1 Å². The highest BCUT2D eigenvalue weighted by Gasteiger charge is 2.23. The third-order valence-electron chi connectivity index (χ3n) is 9.08. The van der Waals surface area contributed by atoms with E-state index in [2.05, 4.69) is 124 Å². The van der Waals surface area contributed by atoms with E-state index in [9.17, 15) is 0 Å². The van der Waals surface area contributed by atoms with Crippen LogP contribution in [0.25, 0.3) is 82.3 Å². The number of fused-ring (bicyclic) bond motifs is 11. The summed E-state index contributed by atoms with van der Waals surface area (Å²) in [4.78, 5) is 0. The Morgan fingerprint density at radius 1 is 0.625 bits per heavy atom. The standard InChI is InChI=1S/C38H22N2/c1-3-11-25-19-36-30(17-23(25)9-1)32-21-27(39-34-15-7-5-13-28(34)29-14-6-8-16-35(29)39)22-33-31-18-24-10-2-4-12-26(24)20-37(31)40(36)38(32)33/h1,3-5,7-9,11-13,15-22H,6,14H2. The molecule has 0 bridgehead atoms. The summed E-state index contributed by atoms with van der Waals surface area (Å²) in [7, 11) is 0. The van der Waals surface area contributed by atoms with Crippen molar-refractivity contribution in [3.63, 3.8) is 0 Å². The number of nitrogens with zero attached hydrogens (tertiary/aromatic N) is 2. The minimum absolute atomic E-state index is 1.08. The van der Waals surface area contributed by atoms with E-state index in [4.69, 9.17) is 0 Å². The molecule has 6 aromatic carbocycles. The van der Waals surface area contributed by atoms with Crippen LogP contribution in [0.2, 0.25) is 0 Å². The van der Waals surface area contributed by atoms with E-state index in [1.807, 2.05) is 6.07 Å². The molecule has 0 radical (unpaired) electrons. The van der Waals surface area contributed by atoms with Gasteiger partial charge in [-0.3, -0.25) is 0 Å². The predicted octanol–water partition coefficient (Wildman–Crippen LogP) is 9.65. The largest absolute Gasteiger partial charge is 0.310 e. The van der Waals surface area contributed by atoms with Gasteiger partial charge in [-0.05, 0) is 95.2 Å². The van der Waals surface area contributed by atoms with Crippen LogP contribution in [0, 0.1) is 12.1 Å². The second-order valence-electron chi connectivity index (χ2n) is 11.2. The van der Waals surface area contributed by atoms with Crippen molar-refractivity contribution in [1.29, 1.82) is 0 Å². The summed E-state index contributed by atoms with van der Waals surface area (Å²) < 4.78 is 4.98. The number of aromatic nitrogens is 2. The number of para-hydroxylation sites is 1. The number of hydrogen-bond donors (Lipinski definition) is 0. The molecule has 3 aromatic heterocycles. The van der Waals surface area contributed by atoms with Crippen LogP contribution < -0.4 is 0 Å². The quantitative estimate of drug-likeness (QED) is 0.210. The first-order chi connectivity index (χ1) is 19.8. The maximum Gasteiger partial charge on any atom is 0.0622 e. The van der Waals surface area contributed by atoms with E-state index in [-0.39, 0.29) is 0 Å². The SMILES string of the molecule is c1ccc2cc3c(cc2c#1)c1cc(-n2c4c(c5ccccc52)CCC=C4)cc2c4cc5ccccc5cc4n3c12. The Bertz CT molecular complexity index is 2410. The van der Waals surface area contributed by atoms with Crippen molar-refractivity contribution >= 4 is 76.6 Å². The van der Waals surface area contributed by atoms with Gasteiger partial charge >= 0.3 is 0 Å².